The lowest BCUT2D eigenvalue weighted by atomic mass is 10.1. The molecule has 0 aliphatic carbocycles. The zero-order valence-corrected chi connectivity index (χ0v) is 23.3. The van der Waals surface area contributed by atoms with E-state index in [1.165, 1.54) is 0 Å². The van der Waals surface area contributed by atoms with Crippen LogP contribution < -0.4 is 0 Å². The highest BCUT2D eigenvalue weighted by molar-refractivity contribution is 5.60. The van der Waals surface area contributed by atoms with Gasteiger partial charge >= 0.3 is 6.16 Å². The molecule has 37 heavy (non-hydrogen) atoms. The molecule has 9 nitrogen and oxygen atoms in total. The molecule has 4 aliphatic rings. The van der Waals surface area contributed by atoms with Gasteiger partial charge in [-0.05, 0) is 13.8 Å². The van der Waals surface area contributed by atoms with E-state index in [1.54, 1.807) is 0 Å². The normalized spacial score (nSPS) is 26.5. The molecule has 4 aliphatic heterocycles. The first-order valence-electron chi connectivity index (χ1n) is 13.2. The van der Waals surface area contributed by atoms with Crippen LogP contribution >= 0.6 is 0 Å². The van der Waals surface area contributed by atoms with Crippen LogP contribution in [0.25, 0.3) is 0 Å². The molecule has 0 atom stereocenters. The highest BCUT2D eigenvalue weighted by Crippen LogP contribution is 2.24. The van der Waals surface area contributed by atoms with Gasteiger partial charge < -0.3 is 37.9 Å². The lowest BCUT2D eigenvalue weighted by Crippen LogP contribution is -2.38. The van der Waals surface area contributed by atoms with Crippen molar-refractivity contribution in [2.75, 3.05) is 59.6 Å². The summed E-state index contributed by atoms with van der Waals surface area (Å²) in [5.74, 6) is 1.67. The van der Waals surface area contributed by atoms with Crippen molar-refractivity contribution >= 4 is 6.16 Å². The summed E-state index contributed by atoms with van der Waals surface area (Å²) in [6.45, 7) is 18.7. The maximum atomic E-state index is 10.2. The number of rotatable bonds is 1. The maximum Gasteiger partial charge on any atom is 0.508 e. The minimum Gasteiger partial charge on any atom is -0.434 e. The van der Waals surface area contributed by atoms with Crippen LogP contribution in [0.5, 0.6) is 0 Å². The molecule has 9 heteroatoms. The fraction of sp³-hybridized carbons (Fsp3) is 0.750. The Kier molecular flexibility index (Phi) is 14.4. The van der Waals surface area contributed by atoms with E-state index in [2.05, 4.69) is 30.2 Å². The van der Waals surface area contributed by atoms with E-state index in [9.17, 15) is 4.79 Å². The van der Waals surface area contributed by atoms with Crippen molar-refractivity contribution in [3.8, 4) is 0 Å². The van der Waals surface area contributed by atoms with Gasteiger partial charge in [0, 0.05) is 29.2 Å². The van der Waals surface area contributed by atoms with Gasteiger partial charge in [-0.15, -0.1) is 0 Å². The average Bonchev–Trinajstić information content (AvgIpc) is 2.90. The first kappa shape index (κ1) is 31.5. The highest BCUT2D eigenvalue weighted by Gasteiger charge is 2.25. The maximum absolute atomic E-state index is 10.2. The number of hydrogen-bond donors (Lipinski definition) is 0. The molecular formula is C28H46O9. The molecule has 4 heterocycles. The summed E-state index contributed by atoms with van der Waals surface area (Å²) in [6.07, 6.45) is -0.694. The van der Waals surface area contributed by atoms with Crippen molar-refractivity contribution in [3.63, 3.8) is 0 Å². The van der Waals surface area contributed by atoms with Crippen molar-refractivity contribution in [1.82, 2.24) is 0 Å². The van der Waals surface area contributed by atoms with E-state index >= 15 is 0 Å². The quantitative estimate of drug-likeness (QED) is 0.459. The number of benzene rings is 1. The minimum atomic E-state index is -0.539. The third kappa shape index (κ3) is 14.1. The Morgan fingerprint density at radius 3 is 1.54 bits per heavy atom. The summed E-state index contributed by atoms with van der Waals surface area (Å²) in [5, 5.41) is 0. The summed E-state index contributed by atoms with van der Waals surface area (Å²) in [5.41, 5.74) is 1.11. The third-order valence-corrected chi connectivity index (χ3v) is 5.51. The van der Waals surface area contributed by atoms with Gasteiger partial charge in [0.25, 0.3) is 0 Å². The Labute approximate surface area is 222 Å². The zero-order valence-electron chi connectivity index (χ0n) is 23.3. The van der Waals surface area contributed by atoms with Gasteiger partial charge in [-0.1, -0.05) is 58.0 Å². The van der Waals surface area contributed by atoms with Crippen LogP contribution in [0.1, 0.15) is 53.4 Å². The molecule has 5 rings (SSSR count). The lowest BCUT2D eigenvalue weighted by Gasteiger charge is -2.33. The SMILES string of the molecule is CC1COC(=O)OC1.CC1COC(C)(C)OC1.CC1COC(c2ccccc2)OC1.CC1COCOC1. The Bertz CT molecular complexity index is 708. The first-order chi connectivity index (χ1) is 17.6. The van der Waals surface area contributed by atoms with Crippen LogP contribution in [0.3, 0.4) is 0 Å². The van der Waals surface area contributed by atoms with Crippen molar-refractivity contribution in [2.24, 2.45) is 23.7 Å². The smallest absolute Gasteiger partial charge is 0.434 e. The van der Waals surface area contributed by atoms with Crippen LogP contribution in [0.2, 0.25) is 0 Å². The topological polar surface area (TPSA) is 90.9 Å². The monoisotopic (exact) mass is 526 g/mol. The molecule has 212 valence electrons. The van der Waals surface area contributed by atoms with E-state index in [0.717, 1.165) is 45.2 Å². The second-order valence-corrected chi connectivity index (χ2v) is 10.6. The van der Waals surface area contributed by atoms with Crippen LogP contribution in [0, 0.1) is 23.7 Å². The number of hydrogen-bond acceptors (Lipinski definition) is 9. The Morgan fingerprint density at radius 2 is 1.11 bits per heavy atom. The molecule has 4 saturated heterocycles. The zero-order chi connectivity index (χ0) is 27.1. The lowest BCUT2D eigenvalue weighted by molar-refractivity contribution is -0.259. The Balaban J connectivity index is 0.000000179. The first-order valence-corrected chi connectivity index (χ1v) is 13.2. The summed E-state index contributed by atoms with van der Waals surface area (Å²) in [4.78, 5) is 10.2. The molecule has 4 fully saturated rings. The number of cyclic esters (lactones) is 2. The van der Waals surface area contributed by atoms with Gasteiger partial charge in [-0.3, -0.25) is 0 Å². The third-order valence-electron chi connectivity index (χ3n) is 5.51. The molecule has 1 aromatic carbocycles. The van der Waals surface area contributed by atoms with Crippen molar-refractivity contribution < 1.29 is 42.7 Å². The van der Waals surface area contributed by atoms with E-state index in [4.69, 9.17) is 28.4 Å². The molecule has 0 amide bonds. The Hall–Kier alpha value is -1.75. The summed E-state index contributed by atoms with van der Waals surface area (Å²) in [6, 6.07) is 10.1. The van der Waals surface area contributed by atoms with Crippen LogP contribution in [-0.4, -0.2) is 71.6 Å². The summed E-state index contributed by atoms with van der Waals surface area (Å²) in [7, 11) is 0. The van der Waals surface area contributed by atoms with Gasteiger partial charge in [0.05, 0.1) is 39.6 Å². The van der Waals surface area contributed by atoms with Gasteiger partial charge in [0.2, 0.25) is 0 Å². The molecule has 0 N–H and O–H groups in total. The molecule has 0 spiro atoms. The predicted molar refractivity (Wildman–Crippen MR) is 138 cm³/mol. The minimum absolute atomic E-state index is 0.155. The van der Waals surface area contributed by atoms with E-state index in [-0.39, 0.29) is 12.1 Å². The molecule has 0 unspecified atom stereocenters. The fourth-order valence-electron chi connectivity index (χ4n) is 3.29. The van der Waals surface area contributed by atoms with Crippen molar-refractivity contribution in [2.45, 2.75) is 53.6 Å². The fourth-order valence-corrected chi connectivity index (χ4v) is 3.29. The average molecular weight is 527 g/mol. The summed E-state index contributed by atoms with van der Waals surface area (Å²) < 4.78 is 40.8. The number of carbonyl (C=O) groups is 1. The van der Waals surface area contributed by atoms with Gasteiger partial charge in [0.1, 0.15) is 20.0 Å². The number of ether oxygens (including phenoxy) is 8. The number of carbonyl (C=O) groups excluding carboxylic acids is 1. The molecule has 0 bridgehead atoms. The molecule has 1 aromatic rings. The predicted octanol–water partition coefficient (Wildman–Crippen LogP) is 5.19. The van der Waals surface area contributed by atoms with Crippen LogP contribution in [-0.2, 0) is 37.9 Å². The molecule has 0 radical (unpaired) electrons. The molecule has 0 saturated carbocycles. The summed E-state index contributed by atoms with van der Waals surface area (Å²) >= 11 is 0. The second kappa shape index (κ2) is 17.0. The molecule has 0 aromatic heterocycles. The standard InChI is InChI=1S/C11H14O2.C7H14O2.C5H8O3.C5H10O2/c1-9-7-12-11(13-8-9)10-5-3-2-4-6-10;1-6-4-8-7(2,3)9-5-6;1-4-2-7-5(6)8-3-4;1-5-2-6-4-7-3-5/h2-6,9,11H,7-8H2,1H3;6H,4-5H2,1-3H3;4H,2-3H2,1H3;5H,2-4H2,1H3. The van der Waals surface area contributed by atoms with Crippen molar-refractivity contribution in [1.29, 1.82) is 0 Å². The second-order valence-electron chi connectivity index (χ2n) is 10.6. The molecular weight excluding hydrogens is 480 g/mol. The van der Waals surface area contributed by atoms with E-state index < -0.39 is 6.16 Å². The van der Waals surface area contributed by atoms with E-state index in [0.29, 0.717) is 43.7 Å². The van der Waals surface area contributed by atoms with E-state index in [1.807, 2.05) is 51.1 Å². The van der Waals surface area contributed by atoms with Gasteiger partial charge in [-0.2, -0.15) is 0 Å². The van der Waals surface area contributed by atoms with Gasteiger partial charge in [-0.25, -0.2) is 4.79 Å². The Morgan fingerprint density at radius 1 is 0.649 bits per heavy atom. The highest BCUT2D eigenvalue weighted by atomic mass is 16.7. The largest absolute Gasteiger partial charge is 0.508 e. The van der Waals surface area contributed by atoms with Gasteiger partial charge in [0.15, 0.2) is 12.1 Å². The van der Waals surface area contributed by atoms with Crippen LogP contribution in [0.15, 0.2) is 30.3 Å². The van der Waals surface area contributed by atoms with Crippen LogP contribution in [0.4, 0.5) is 4.79 Å². The van der Waals surface area contributed by atoms with Crippen molar-refractivity contribution in [3.05, 3.63) is 35.9 Å².